The molecule has 1 amide bonds. The van der Waals surface area contributed by atoms with E-state index in [0.717, 1.165) is 5.56 Å². The number of anilines is 1. The molecule has 5 heteroatoms. The minimum absolute atomic E-state index is 0.00425. The minimum Gasteiger partial charge on any atom is -0.490 e. The second-order valence-electron chi connectivity index (χ2n) is 4.51. The van der Waals surface area contributed by atoms with Crippen LogP contribution in [0, 0.1) is 11.3 Å². The van der Waals surface area contributed by atoms with Crippen LogP contribution in [0.15, 0.2) is 66.9 Å². The number of carbonyl (C=O) groups is 1. The van der Waals surface area contributed by atoms with Crippen molar-refractivity contribution in [2.75, 3.05) is 11.9 Å². The van der Waals surface area contributed by atoms with Gasteiger partial charge in [0.2, 0.25) is 0 Å². The summed E-state index contributed by atoms with van der Waals surface area (Å²) in [6.07, 6.45) is 4.73. The van der Waals surface area contributed by atoms with E-state index >= 15 is 0 Å². The van der Waals surface area contributed by atoms with E-state index in [9.17, 15) is 10.1 Å². The Morgan fingerprint density at radius 3 is 2.70 bits per heavy atom. The predicted octanol–water partition coefficient (Wildman–Crippen LogP) is 3.19. The fourth-order valence-electron chi connectivity index (χ4n) is 1.75. The van der Waals surface area contributed by atoms with E-state index in [0.29, 0.717) is 18.2 Å². The highest BCUT2D eigenvalue weighted by molar-refractivity contribution is 6.09. The van der Waals surface area contributed by atoms with Crippen LogP contribution in [-0.4, -0.2) is 17.5 Å². The molecule has 0 unspecified atom stereocenters. The number of pyridine rings is 1. The van der Waals surface area contributed by atoms with Gasteiger partial charge in [0, 0.05) is 6.20 Å². The molecule has 5 nitrogen and oxygen atoms in total. The summed E-state index contributed by atoms with van der Waals surface area (Å²) in [6, 6.07) is 14.1. The first kappa shape index (κ1) is 16.0. The van der Waals surface area contributed by atoms with Gasteiger partial charge < -0.3 is 10.1 Å². The Kier molecular flexibility index (Phi) is 5.67. The van der Waals surface area contributed by atoms with Crippen molar-refractivity contribution in [3.05, 3.63) is 72.5 Å². The van der Waals surface area contributed by atoms with Crippen LogP contribution in [0.1, 0.15) is 5.56 Å². The lowest BCUT2D eigenvalue weighted by atomic mass is 10.1. The molecule has 114 valence electrons. The molecule has 0 aliphatic heterocycles. The zero-order valence-corrected chi connectivity index (χ0v) is 12.4. The second kappa shape index (κ2) is 8.15. The number of nitriles is 1. The smallest absolute Gasteiger partial charge is 0.267 e. The van der Waals surface area contributed by atoms with Gasteiger partial charge in [0.15, 0.2) is 0 Å². The Hall–Kier alpha value is -3.39. The number of amides is 1. The van der Waals surface area contributed by atoms with E-state index in [1.807, 2.05) is 6.07 Å². The van der Waals surface area contributed by atoms with Gasteiger partial charge in [0.1, 0.15) is 29.8 Å². The third kappa shape index (κ3) is 4.83. The van der Waals surface area contributed by atoms with Crippen LogP contribution in [-0.2, 0) is 4.79 Å². The van der Waals surface area contributed by atoms with Crippen LogP contribution >= 0.6 is 0 Å². The molecule has 0 aliphatic rings. The quantitative estimate of drug-likeness (QED) is 0.505. The summed E-state index contributed by atoms with van der Waals surface area (Å²) in [4.78, 5) is 16.1. The van der Waals surface area contributed by atoms with Gasteiger partial charge in [-0.1, -0.05) is 30.9 Å². The van der Waals surface area contributed by atoms with Crippen molar-refractivity contribution in [1.29, 1.82) is 5.26 Å². The number of aromatic nitrogens is 1. The lowest BCUT2D eigenvalue weighted by molar-refractivity contribution is -0.112. The third-order valence-electron chi connectivity index (χ3n) is 2.83. The molecule has 1 aromatic heterocycles. The molecular formula is C18H15N3O2. The first-order chi connectivity index (χ1) is 11.2. The molecule has 2 rings (SSSR count). The summed E-state index contributed by atoms with van der Waals surface area (Å²) >= 11 is 0. The molecule has 1 aromatic carbocycles. The normalized spacial score (nSPS) is 10.5. The van der Waals surface area contributed by atoms with Crippen LogP contribution in [0.3, 0.4) is 0 Å². The van der Waals surface area contributed by atoms with Crippen molar-refractivity contribution >= 4 is 17.8 Å². The van der Waals surface area contributed by atoms with Crippen molar-refractivity contribution in [1.82, 2.24) is 4.98 Å². The Labute approximate surface area is 134 Å². The highest BCUT2D eigenvalue weighted by Gasteiger charge is 2.09. The summed E-state index contributed by atoms with van der Waals surface area (Å²) in [5, 5.41) is 11.7. The fourth-order valence-corrected chi connectivity index (χ4v) is 1.75. The van der Waals surface area contributed by atoms with Crippen molar-refractivity contribution in [3.8, 4) is 11.8 Å². The van der Waals surface area contributed by atoms with Crippen LogP contribution < -0.4 is 10.1 Å². The van der Waals surface area contributed by atoms with E-state index in [2.05, 4.69) is 16.9 Å². The molecule has 1 heterocycles. The molecule has 0 saturated heterocycles. The minimum atomic E-state index is -0.502. The second-order valence-corrected chi connectivity index (χ2v) is 4.51. The standard InChI is InChI=1S/C18H15N3O2/c1-2-11-23-16-8-6-14(7-9-16)12-15(13-19)18(22)21-17-5-3-4-10-20-17/h2-10,12H,1,11H2,(H,20,21,22). The van der Waals surface area contributed by atoms with Gasteiger partial charge in [-0.15, -0.1) is 0 Å². The number of nitrogens with zero attached hydrogens (tertiary/aromatic N) is 2. The summed E-state index contributed by atoms with van der Waals surface area (Å²) in [5.41, 5.74) is 0.721. The summed E-state index contributed by atoms with van der Waals surface area (Å²) < 4.78 is 5.38. The fraction of sp³-hybridized carbons (Fsp3) is 0.0556. The molecule has 0 fully saturated rings. The van der Waals surface area contributed by atoms with Gasteiger partial charge in [0.05, 0.1) is 0 Å². The van der Waals surface area contributed by atoms with Gasteiger partial charge in [-0.25, -0.2) is 4.98 Å². The molecule has 0 atom stereocenters. The molecule has 0 radical (unpaired) electrons. The molecule has 1 N–H and O–H groups in total. The van der Waals surface area contributed by atoms with E-state index in [1.54, 1.807) is 54.7 Å². The topological polar surface area (TPSA) is 75.0 Å². The molecule has 0 bridgehead atoms. The Bertz CT molecular complexity index is 744. The third-order valence-corrected chi connectivity index (χ3v) is 2.83. The number of carbonyl (C=O) groups excluding carboxylic acids is 1. The van der Waals surface area contributed by atoms with Crippen LogP contribution in [0.5, 0.6) is 5.75 Å². The Balaban J connectivity index is 2.10. The van der Waals surface area contributed by atoms with Crippen LogP contribution in [0.2, 0.25) is 0 Å². The molecule has 23 heavy (non-hydrogen) atoms. The number of rotatable bonds is 6. The number of ether oxygens (including phenoxy) is 1. The zero-order valence-electron chi connectivity index (χ0n) is 12.4. The lowest BCUT2D eigenvalue weighted by Gasteiger charge is -2.04. The average molecular weight is 305 g/mol. The maximum atomic E-state index is 12.1. The maximum absolute atomic E-state index is 12.1. The van der Waals surface area contributed by atoms with Crippen molar-refractivity contribution < 1.29 is 9.53 Å². The largest absolute Gasteiger partial charge is 0.490 e. The van der Waals surface area contributed by atoms with Gasteiger partial charge in [-0.05, 0) is 35.9 Å². The van der Waals surface area contributed by atoms with Gasteiger partial charge in [0.25, 0.3) is 5.91 Å². The van der Waals surface area contributed by atoms with E-state index < -0.39 is 5.91 Å². The number of nitrogens with one attached hydrogen (secondary N) is 1. The first-order valence-corrected chi connectivity index (χ1v) is 6.91. The highest BCUT2D eigenvalue weighted by atomic mass is 16.5. The van der Waals surface area contributed by atoms with E-state index in [4.69, 9.17) is 4.74 Å². The van der Waals surface area contributed by atoms with Crippen LogP contribution in [0.4, 0.5) is 5.82 Å². The van der Waals surface area contributed by atoms with Crippen molar-refractivity contribution in [2.24, 2.45) is 0 Å². The SMILES string of the molecule is C=CCOc1ccc(C=C(C#N)C(=O)Nc2ccccn2)cc1. The monoisotopic (exact) mass is 305 g/mol. The van der Waals surface area contributed by atoms with Gasteiger partial charge in [-0.3, -0.25) is 4.79 Å². The Morgan fingerprint density at radius 2 is 2.09 bits per heavy atom. The van der Waals surface area contributed by atoms with Gasteiger partial charge >= 0.3 is 0 Å². The maximum Gasteiger partial charge on any atom is 0.267 e. The molecule has 0 aliphatic carbocycles. The molecule has 0 spiro atoms. The first-order valence-electron chi connectivity index (χ1n) is 6.91. The lowest BCUT2D eigenvalue weighted by Crippen LogP contribution is -2.14. The summed E-state index contributed by atoms with van der Waals surface area (Å²) in [5.74, 6) is 0.587. The molecule has 0 saturated carbocycles. The van der Waals surface area contributed by atoms with Crippen LogP contribution in [0.25, 0.3) is 6.08 Å². The summed E-state index contributed by atoms with van der Waals surface area (Å²) in [6.45, 7) is 4.00. The number of benzene rings is 1. The van der Waals surface area contributed by atoms with Gasteiger partial charge in [-0.2, -0.15) is 5.26 Å². The van der Waals surface area contributed by atoms with E-state index in [-0.39, 0.29) is 5.57 Å². The number of hydrogen-bond acceptors (Lipinski definition) is 4. The summed E-state index contributed by atoms with van der Waals surface area (Å²) in [7, 11) is 0. The predicted molar refractivity (Wildman–Crippen MR) is 88.6 cm³/mol. The van der Waals surface area contributed by atoms with Crippen molar-refractivity contribution in [3.63, 3.8) is 0 Å². The zero-order chi connectivity index (χ0) is 16.5. The van der Waals surface area contributed by atoms with E-state index in [1.165, 1.54) is 6.08 Å². The number of hydrogen-bond donors (Lipinski definition) is 1. The molecule has 2 aromatic rings. The highest BCUT2D eigenvalue weighted by Crippen LogP contribution is 2.15. The Morgan fingerprint density at radius 1 is 1.30 bits per heavy atom. The average Bonchev–Trinajstić information content (AvgIpc) is 2.59. The van der Waals surface area contributed by atoms with Crippen molar-refractivity contribution in [2.45, 2.75) is 0 Å². The molecular weight excluding hydrogens is 290 g/mol.